The van der Waals surface area contributed by atoms with Gasteiger partial charge in [0.2, 0.25) is 0 Å². The Balaban J connectivity index is 1.51. The maximum absolute atomic E-state index is 14.2. The second kappa shape index (κ2) is 8.03. The number of hydrogen-bond donors (Lipinski definition) is 0. The number of aromatic nitrogens is 6. The van der Waals surface area contributed by atoms with Crippen molar-refractivity contribution in [3.05, 3.63) is 52.6 Å². The molecule has 4 aromatic rings. The molecule has 6 rings (SSSR count). The Labute approximate surface area is 189 Å². The van der Waals surface area contributed by atoms with Gasteiger partial charge in [-0.05, 0) is 63.9 Å². The first-order valence-corrected chi connectivity index (χ1v) is 11.5. The highest BCUT2D eigenvalue weighted by molar-refractivity contribution is 5.81. The lowest BCUT2D eigenvalue weighted by molar-refractivity contribution is 0.00619. The molecule has 3 aromatic heterocycles. The van der Waals surface area contributed by atoms with E-state index in [-0.39, 0.29) is 23.5 Å². The molecule has 2 unspecified atom stereocenters. The van der Waals surface area contributed by atoms with Gasteiger partial charge in [-0.3, -0.25) is 14.1 Å². The molecule has 2 aliphatic rings. The van der Waals surface area contributed by atoms with Crippen LogP contribution in [0, 0.1) is 5.82 Å². The van der Waals surface area contributed by atoms with E-state index < -0.39 is 0 Å². The van der Waals surface area contributed by atoms with E-state index in [1.54, 1.807) is 26.0 Å². The number of imidazole rings is 1. The maximum Gasteiger partial charge on any atom is 0.279 e. The summed E-state index contributed by atoms with van der Waals surface area (Å²) >= 11 is 0. The number of likely N-dealkylation sites (tertiary alicyclic amines) is 1. The first-order valence-electron chi connectivity index (χ1n) is 11.5. The smallest absolute Gasteiger partial charge is 0.279 e. The van der Waals surface area contributed by atoms with Gasteiger partial charge in [-0.1, -0.05) is 5.21 Å². The quantitative estimate of drug-likeness (QED) is 0.475. The zero-order valence-electron chi connectivity index (χ0n) is 18.5. The van der Waals surface area contributed by atoms with E-state index in [0.29, 0.717) is 35.5 Å². The second-order valence-electron chi connectivity index (χ2n) is 9.05. The van der Waals surface area contributed by atoms with Crippen LogP contribution in [0.15, 0.2) is 35.5 Å². The molecule has 9 nitrogen and oxygen atoms in total. The minimum Gasteiger partial charge on any atom is -0.376 e. The molecule has 172 valence electrons. The molecule has 10 heteroatoms. The van der Waals surface area contributed by atoms with Crippen molar-refractivity contribution in [2.75, 3.05) is 20.2 Å². The van der Waals surface area contributed by atoms with E-state index in [1.165, 1.54) is 12.1 Å². The van der Waals surface area contributed by atoms with Crippen LogP contribution in [0.1, 0.15) is 43.8 Å². The minimum atomic E-state index is -0.387. The lowest BCUT2D eigenvalue weighted by Crippen LogP contribution is -2.32. The number of rotatable bonds is 4. The van der Waals surface area contributed by atoms with Gasteiger partial charge in [0.1, 0.15) is 17.8 Å². The largest absolute Gasteiger partial charge is 0.376 e. The molecule has 0 saturated carbocycles. The Bertz CT molecular complexity index is 1380. The number of benzene rings is 1. The summed E-state index contributed by atoms with van der Waals surface area (Å²) in [7, 11) is 2.08. The van der Waals surface area contributed by atoms with E-state index in [2.05, 4.69) is 27.2 Å². The highest BCUT2D eigenvalue weighted by atomic mass is 19.1. The van der Waals surface area contributed by atoms with Crippen LogP contribution in [0.2, 0.25) is 0 Å². The van der Waals surface area contributed by atoms with Gasteiger partial charge in [0.25, 0.3) is 5.56 Å². The van der Waals surface area contributed by atoms with Gasteiger partial charge in [-0.2, -0.15) is 4.68 Å². The molecule has 2 atom stereocenters. The molecular weight excluding hydrogens is 425 g/mol. The maximum atomic E-state index is 14.2. The number of fused-ring (bicyclic) bond motifs is 3. The van der Waals surface area contributed by atoms with Crippen molar-refractivity contribution in [1.82, 2.24) is 33.8 Å². The fraction of sp³-hybridized carbons (Fsp3) is 0.478. The van der Waals surface area contributed by atoms with Crippen LogP contribution in [0.25, 0.3) is 22.4 Å². The van der Waals surface area contributed by atoms with Crippen molar-refractivity contribution >= 4 is 16.6 Å². The van der Waals surface area contributed by atoms with Crippen LogP contribution in [0.4, 0.5) is 4.39 Å². The van der Waals surface area contributed by atoms with Crippen molar-refractivity contribution in [3.63, 3.8) is 0 Å². The summed E-state index contributed by atoms with van der Waals surface area (Å²) in [5, 5.41) is 8.67. The molecule has 5 heterocycles. The average Bonchev–Trinajstić information content (AvgIpc) is 3.56. The number of hydrogen-bond acceptors (Lipinski definition) is 6. The fourth-order valence-electron chi connectivity index (χ4n) is 5.19. The molecule has 0 N–H and O–H groups in total. The number of ether oxygens (including phenoxy) is 1. The normalized spacial score (nSPS) is 22.0. The third-order valence-electron chi connectivity index (χ3n) is 6.93. The summed E-state index contributed by atoms with van der Waals surface area (Å²) in [6.45, 7) is 2.08. The summed E-state index contributed by atoms with van der Waals surface area (Å²) in [6.07, 6.45) is 8.49. The van der Waals surface area contributed by atoms with Crippen molar-refractivity contribution in [2.45, 2.75) is 50.8 Å². The monoisotopic (exact) mass is 451 g/mol. The number of nitrogens with zero attached hydrogens (tertiary/aromatic N) is 7. The second-order valence-corrected chi connectivity index (χ2v) is 9.05. The summed E-state index contributed by atoms with van der Waals surface area (Å²) in [4.78, 5) is 20.5. The van der Waals surface area contributed by atoms with E-state index in [1.807, 2.05) is 6.20 Å². The molecule has 1 aromatic carbocycles. The molecule has 2 saturated heterocycles. The van der Waals surface area contributed by atoms with Crippen molar-refractivity contribution < 1.29 is 9.13 Å². The molecule has 0 amide bonds. The summed E-state index contributed by atoms with van der Waals surface area (Å²) in [6, 6.07) is 4.71. The molecule has 2 fully saturated rings. The van der Waals surface area contributed by atoms with Crippen LogP contribution < -0.4 is 5.56 Å². The van der Waals surface area contributed by atoms with E-state index in [9.17, 15) is 9.18 Å². The van der Waals surface area contributed by atoms with Crippen molar-refractivity contribution in [2.24, 2.45) is 0 Å². The topological polar surface area (TPSA) is 82.5 Å². The van der Waals surface area contributed by atoms with Gasteiger partial charge < -0.3 is 9.30 Å². The SMILES string of the molecule is CN1CCCC1c1cn(-c2ncn3c2c(=O)n(CC2CCCCO2)c2cc(F)ccc23)nn1. The lowest BCUT2D eigenvalue weighted by atomic mass is 10.1. The number of halogens is 1. The van der Waals surface area contributed by atoms with Crippen molar-refractivity contribution in [3.8, 4) is 5.82 Å². The molecule has 0 spiro atoms. The summed E-state index contributed by atoms with van der Waals surface area (Å²) < 4.78 is 25.0. The van der Waals surface area contributed by atoms with E-state index >= 15 is 0 Å². The lowest BCUT2D eigenvalue weighted by Gasteiger charge is -2.24. The highest BCUT2D eigenvalue weighted by Crippen LogP contribution is 2.29. The van der Waals surface area contributed by atoms with Crippen LogP contribution in [0.3, 0.4) is 0 Å². The van der Waals surface area contributed by atoms with Crippen LogP contribution in [0.5, 0.6) is 0 Å². The van der Waals surface area contributed by atoms with Crippen LogP contribution in [-0.2, 0) is 11.3 Å². The third-order valence-corrected chi connectivity index (χ3v) is 6.93. The van der Waals surface area contributed by atoms with Crippen molar-refractivity contribution in [1.29, 1.82) is 0 Å². The predicted molar refractivity (Wildman–Crippen MR) is 120 cm³/mol. The van der Waals surface area contributed by atoms with Gasteiger partial charge in [0.15, 0.2) is 11.3 Å². The van der Waals surface area contributed by atoms with Gasteiger partial charge in [-0.25, -0.2) is 9.37 Å². The molecule has 0 radical (unpaired) electrons. The summed E-state index contributed by atoms with van der Waals surface area (Å²) in [5.74, 6) is 0.0328. The Kier molecular flexibility index (Phi) is 4.99. The third kappa shape index (κ3) is 3.44. The average molecular weight is 452 g/mol. The standard InChI is InChI=1S/C23H26FN7O2/c1-28-9-4-6-18(28)17-13-31(27-26-17)22-21-23(32)29(12-16-5-2-3-10-33-16)20-11-15(24)7-8-19(20)30(21)14-25-22/h7-8,11,13-14,16,18H,2-6,9-10,12H2,1H3. The van der Waals surface area contributed by atoms with E-state index in [4.69, 9.17) is 4.74 Å². The molecule has 0 aliphatic carbocycles. The Hall–Kier alpha value is -3.11. The first kappa shape index (κ1) is 20.5. The molecule has 0 bridgehead atoms. The van der Waals surface area contributed by atoms with Gasteiger partial charge in [0.05, 0.1) is 35.9 Å². The van der Waals surface area contributed by atoms with E-state index in [0.717, 1.165) is 44.3 Å². The Morgan fingerprint density at radius 1 is 1.18 bits per heavy atom. The van der Waals surface area contributed by atoms with Gasteiger partial charge in [0, 0.05) is 6.61 Å². The summed E-state index contributed by atoms with van der Waals surface area (Å²) in [5.41, 5.74) is 2.25. The zero-order chi connectivity index (χ0) is 22.5. The van der Waals surface area contributed by atoms with Crippen LogP contribution >= 0.6 is 0 Å². The zero-order valence-corrected chi connectivity index (χ0v) is 18.5. The molecule has 33 heavy (non-hydrogen) atoms. The Morgan fingerprint density at radius 3 is 2.88 bits per heavy atom. The minimum absolute atomic E-state index is 0.0763. The molecular formula is C23H26FN7O2. The fourth-order valence-corrected chi connectivity index (χ4v) is 5.19. The molecule has 2 aliphatic heterocycles. The van der Waals surface area contributed by atoms with Gasteiger partial charge in [-0.15, -0.1) is 5.10 Å². The Morgan fingerprint density at radius 2 is 2.09 bits per heavy atom. The van der Waals surface area contributed by atoms with Gasteiger partial charge >= 0.3 is 0 Å². The predicted octanol–water partition coefficient (Wildman–Crippen LogP) is 2.70. The highest BCUT2D eigenvalue weighted by Gasteiger charge is 2.27. The van der Waals surface area contributed by atoms with Crippen LogP contribution in [-0.4, -0.2) is 60.1 Å². The first-order chi connectivity index (χ1) is 16.1.